The van der Waals surface area contributed by atoms with E-state index in [4.69, 9.17) is 9.47 Å². The first-order valence-corrected chi connectivity index (χ1v) is 12.2. The number of carbonyl (C=O) groups is 1. The van der Waals surface area contributed by atoms with E-state index in [9.17, 15) is 15.0 Å². The summed E-state index contributed by atoms with van der Waals surface area (Å²) in [5, 5.41) is 20.2. The molecule has 6 heteroatoms. The van der Waals surface area contributed by atoms with Gasteiger partial charge in [-0.25, -0.2) is 4.79 Å². The maximum Gasteiger partial charge on any atom is 0.339 e. The molecule has 1 aromatic rings. The Morgan fingerprint density at radius 2 is 1.75 bits per heavy atom. The van der Waals surface area contributed by atoms with Crippen molar-refractivity contribution < 1.29 is 24.5 Å². The van der Waals surface area contributed by atoms with Gasteiger partial charge in [-0.3, -0.25) is 0 Å². The van der Waals surface area contributed by atoms with Crippen molar-refractivity contribution in [2.24, 2.45) is 5.92 Å². The molecule has 32 heavy (non-hydrogen) atoms. The van der Waals surface area contributed by atoms with E-state index in [-0.39, 0.29) is 18.0 Å². The van der Waals surface area contributed by atoms with Gasteiger partial charge in [0.15, 0.2) is 0 Å². The Balaban J connectivity index is 1.39. The van der Waals surface area contributed by atoms with E-state index in [1.165, 1.54) is 0 Å². The smallest absolute Gasteiger partial charge is 0.339 e. The van der Waals surface area contributed by atoms with Gasteiger partial charge in [0.1, 0.15) is 11.9 Å². The second-order valence-corrected chi connectivity index (χ2v) is 9.85. The Hall–Kier alpha value is -1.94. The van der Waals surface area contributed by atoms with Crippen LogP contribution in [0.4, 0.5) is 0 Å². The minimum atomic E-state index is -0.684. The first-order chi connectivity index (χ1) is 15.4. The number of unbranched alkanes of at least 4 members (excludes halogenated alkanes) is 1. The Morgan fingerprint density at radius 3 is 2.47 bits per heavy atom. The van der Waals surface area contributed by atoms with Crippen LogP contribution in [0.1, 0.15) is 51.0 Å². The third kappa shape index (κ3) is 7.30. The summed E-state index contributed by atoms with van der Waals surface area (Å²) in [6.45, 7) is 2.64. The fourth-order valence-electron chi connectivity index (χ4n) is 3.96. The molecule has 0 spiro atoms. The third-order valence-electron chi connectivity index (χ3n) is 5.86. The Bertz CT molecular complexity index is 830. The summed E-state index contributed by atoms with van der Waals surface area (Å²) in [6, 6.07) is 9.55. The highest BCUT2D eigenvalue weighted by molar-refractivity contribution is 7.17. The van der Waals surface area contributed by atoms with Crippen molar-refractivity contribution in [2.75, 3.05) is 6.61 Å². The van der Waals surface area contributed by atoms with Crippen LogP contribution in [0.3, 0.4) is 0 Å². The molecule has 6 atom stereocenters. The number of hydrogen-bond donors (Lipinski definition) is 2. The molecule has 6 unspecified atom stereocenters. The fourth-order valence-corrected chi connectivity index (χ4v) is 4.20. The summed E-state index contributed by atoms with van der Waals surface area (Å²) in [5.41, 5.74) is 1.99. The van der Waals surface area contributed by atoms with Gasteiger partial charge in [-0.15, -0.1) is 9.24 Å². The second kappa shape index (κ2) is 12.3. The molecule has 2 N–H and O–H groups in total. The zero-order valence-electron chi connectivity index (χ0n) is 18.7. The van der Waals surface area contributed by atoms with Gasteiger partial charge in [0.2, 0.25) is 0 Å². The van der Waals surface area contributed by atoms with Crippen LogP contribution >= 0.6 is 9.24 Å². The lowest BCUT2D eigenvalue weighted by Gasteiger charge is -2.29. The van der Waals surface area contributed by atoms with Crippen LogP contribution in [0.25, 0.3) is 5.57 Å². The molecular formula is C26H35O5P. The van der Waals surface area contributed by atoms with E-state index < -0.39 is 12.2 Å². The zero-order chi connectivity index (χ0) is 22.9. The zero-order valence-corrected chi connectivity index (χ0v) is 19.9. The van der Waals surface area contributed by atoms with Crippen molar-refractivity contribution in [1.29, 1.82) is 0 Å². The van der Waals surface area contributed by atoms with Crippen LogP contribution in [-0.4, -0.2) is 46.8 Å². The van der Waals surface area contributed by atoms with E-state index in [0.29, 0.717) is 36.4 Å². The molecule has 3 rings (SSSR count). The number of esters is 1. The maximum atomic E-state index is 12.4. The molecule has 0 amide bonds. The molecule has 1 aromatic carbocycles. The number of aliphatic hydroxyl groups is 2. The molecule has 174 valence electrons. The first-order valence-electron chi connectivity index (χ1n) is 11.6. The van der Waals surface area contributed by atoms with E-state index in [1.807, 2.05) is 54.6 Å². The lowest BCUT2D eigenvalue weighted by molar-refractivity contribution is -0.141. The van der Waals surface area contributed by atoms with Crippen molar-refractivity contribution in [1.82, 2.24) is 0 Å². The number of allylic oxidation sites excluding steroid dienone is 1. The van der Waals surface area contributed by atoms with Crippen molar-refractivity contribution in [3.05, 3.63) is 66.0 Å². The summed E-state index contributed by atoms with van der Waals surface area (Å²) >= 11 is 0. The number of hydrogen-bond acceptors (Lipinski definition) is 5. The van der Waals surface area contributed by atoms with Crippen molar-refractivity contribution >= 4 is 20.8 Å². The number of rotatable bonds is 12. The summed E-state index contributed by atoms with van der Waals surface area (Å²) in [5.74, 6) is 0.381. The summed E-state index contributed by atoms with van der Waals surface area (Å²) < 4.78 is 11.5. The van der Waals surface area contributed by atoms with Gasteiger partial charge in [-0.05, 0) is 55.5 Å². The summed E-state index contributed by atoms with van der Waals surface area (Å²) in [7, 11) is 2.75. The van der Waals surface area contributed by atoms with Gasteiger partial charge < -0.3 is 19.7 Å². The monoisotopic (exact) mass is 458 g/mol. The van der Waals surface area contributed by atoms with Crippen LogP contribution in [0.2, 0.25) is 0 Å². The number of fused-ring (bicyclic) bond motifs is 1. The van der Waals surface area contributed by atoms with E-state index in [1.54, 1.807) is 0 Å². The molecule has 0 fully saturated rings. The minimum absolute atomic E-state index is 0.00109. The Kier molecular flexibility index (Phi) is 9.52. The minimum Gasteiger partial charge on any atom is -0.494 e. The first kappa shape index (κ1) is 24.7. The predicted molar refractivity (Wildman–Crippen MR) is 130 cm³/mol. The van der Waals surface area contributed by atoms with Gasteiger partial charge >= 0.3 is 5.97 Å². The van der Waals surface area contributed by atoms with Gasteiger partial charge in [-0.2, -0.15) is 0 Å². The van der Waals surface area contributed by atoms with E-state index in [0.717, 1.165) is 31.2 Å². The largest absolute Gasteiger partial charge is 0.494 e. The lowest BCUT2D eigenvalue weighted by Crippen LogP contribution is -2.30. The number of benzene rings is 1. The number of aliphatic hydroxyl groups excluding tert-OH is 2. The second-order valence-electron chi connectivity index (χ2n) is 8.71. The molecule has 5 nitrogen and oxygen atoms in total. The van der Waals surface area contributed by atoms with Crippen molar-refractivity contribution in [2.45, 2.75) is 69.4 Å². The van der Waals surface area contributed by atoms with Crippen LogP contribution in [0.5, 0.6) is 0 Å². The third-order valence-corrected chi connectivity index (χ3v) is 6.20. The highest BCUT2D eigenvalue weighted by Crippen LogP contribution is 2.31. The van der Waals surface area contributed by atoms with Gasteiger partial charge in [-0.1, -0.05) is 55.8 Å². The maximum absolute atomic E-state index is 12.4. The van der Waals surface area contributed by atoms with Crippen LogP contribution < -0.4 is 0 Å². The quantitative estimate of drug-likeness (QED) is 0.276. The molecule has 0 saturated heterocycles. The Morgan fingerprint density at radius 1 is 1.03 bits per heavy atom. The number of carbonyl (C=O) groups excluding carboxylic acids is 1. The SMILES string of the molecule is CC(P)CCCC(O)C(O)CCCCOC1=CC2OC(=O)C(c3ccccc3)=CC2C=C1. The molecule has 1 heterocycles. The van der Waals surface area contributed by atoms with Crippen LogP contribution in [0.15, 0.2) is 60.4 Å². The average Bonchev–Trinajstić information content (AvgIpc) is 2.78. The van der Waals surface area contributed by atoms with Gasteiger partial charge in [0.05, 0.1) is 24.4 Å². The van der Waals surface area contributed by atoms with Gasteiger partial charge in [0.25, 0.3) is 0 Å². The molecule has 1 aliphatic heterocycles. The standard InChI is InChI=1S/C26H35O5P/c1-18(32)8-7-12-24(28)23(27)11-5-6-15-30-21-14-13-20-16-22(19-9-3-2-4-10-19)26(29)31-25(20)17-21/h2-4,9-10,13-14,16-18,20,23-25,27-28H,5-8,11-12,15,32H2,1H3. The molecule has 0 aromatic heterocycles. The molecule has 1 aliphatic carbocycles. The highest BCUT2D eigenvalue weighted by Gasteiger charge is 2.31. The van der Waals surface area contributed by atoms with Crippen molar-refractivity contribution in [3.8, 4) is 0 Å². The molecule has 0 saturated carbocycles. The van der Waals surface area contributed by atoms with E-state index in [2.05, 4.69) is 16.2 Å². The summed E-state index contributed by atoms with van der Waals surface area (Å²) in [6.07, 6.45) is 10.8. The lowest BCUT2D eigenvalue weighted by atomic mass is 9.90. The predicted octanol–water partition coefficient (Wildman–Crippen LogP) is 4.41. The molecule has 0 radical (unpaired) electrons. The molecule has 2 aliphatic rings. The van der Waals surface area contributed by atoms with E-state index >= 15 is 0 Å². The summed E-state index contributed by atoms with van der Waals surface area (Å²) in [4.78, 5) is 12.4. The molecule has 0 bridgehead atoms. The topological polar surface area (TPSA) is 76.0 Å². The Labute approximate surface area is 193 Å². The van der Waals surface area contributed by atoms with Gasteiger partial charge in [0, 0.05) is 5.92 Å². The highest BCUT2D eigenvalue weighted by atomic mass is 31.0. The normalized spacial score (nSPS) is 22.8. The number of ether oxygens (including phenoxy) is 2. The van der Waals surface area contributed by atoms with Crippen LogP contribution in [0, 0.1) is 5.92 Å². The van der Waals surface area contributed by atoms with Crippen molar-refractivity contribution in [3.63, 3.8) is 0 Å². The van der Waals surface area contributed by atoms with Crippen LogP contribution in [-0.2, 0) is 14.3 Å². The molecular weight excluding hydrogens is 423 g/mol. The average molecular weight is 459 g/mol. The fraction of sp³-hybridized carbons (Fsp3) is 0.500.